The summed E-state index contributed by atoms with van der Waals surface area (Å²) in [5.74, 6) is -0.529. The van der Waals surface area contributed by atoms with E-state index in [-0.39, 0.29) is 24.9 Å². The lowest BCUT2D eigenvalue weighted by molar-refractivity contribution is -0.151. The van der Waals surface area contributed by atoms with Crippen molar-refractivity contribution in [2.75, 3.05) is 6.61 Å². The summed E-state index contributed by atoms with van der Waals surface area (Å²) < 4.78 is 5.88. The van der Waals surface area contributed by atoms with E-state index in [0.29, 0.717) is 19.3 Å². The molecule has 0 rings (SSSR count). The fourth-order valence-corrected chi connectivity index (χ4v) is 7.23. The van der Waals surface area contributed by atoms with Gasteiger partial charge >= 0.3 is 5.97 Å². The van der Waals surface area contributed by atoms with Crippen molar-refractivity contribution in [2.24, 2.45) is 0 Å². The third-order valence-electron chi connectivity index (χ3n) is 11.0. The molecule has 0 aliphatic rings. The van der Waals surface area contributed by atoms with Crippen LogP contribution >= 0.6 is 0 Å². The molecular formula is C53H93NO5. The Balaban J connectivity index is 4.52. The average Bonchev–Trinajstić information content (AvgIpc) is 3.23. The molecule has 0 aromatic heterocycles. The molecule has 3 unspecified atom stereocenters. The summed E-state index contributed by atoms with van der Waals surface area (Å²) in [6.45, 7) is 6.30. The van der Waals surface area contributed by atoms with Gasteiger partial charge in [-0.3, -0.25) is 9.59 Å². The fraction of sp³-hybridized carbons (Fsp3) is 0.736. The zero-order valence-electron chi connectivity index (χ0n) is 38.6. The van der Waals surface area contributed by atoms with Crippen LogP contribution in [-0.4, -0.2) is 46.9 Å². The minimum atomic E-state index is -0.796. The highest BCUT2D eigenvalue weighted by atomic mass is 16.5. The van der Waals surface area contributed by atoms with Crippen LogP contribution < -0.4 is 5.32 Å². The minimum Gasteiger partial charge on any atom is -0.462 e. The number of hydrogen-bond donors (Lipinski definition) is 3. The molecule has 6 nitrogen and oxygen atoms in total. The molecule has 6 heteroatoms. The van der Waals surface area contributed by atoms with E-state index in [1.807, 2.05) is 54.7 Å². The molecule has 340 valence electrons. The number of amides is 1. The second-order valence-corrected chi connectivity index (χ2v) is 16.6. The lowest BCUT2D eigenvalue weighted by atomic mass is 10.0. The second kappa shape index (κ2) is 46.4. The predicted octanol–water partition coefficient (Wildman–Crippen LogP) is 14.6. The lowest BCUT2D eigenvalue weighted by Gasteiger charge is -2.24. The van der Waals surface area contributed by atoms with E-state index in [0.717, 1.165) is 70.6 Å². The molecule has 0 heterocycles. The quantitative estimate of drug-likeness (QED) is 0.0323. The van der Waals surface area contributed by atoms with Crippen molar-refractivity contribution in [3.8, 4) is 0 Å². The van der Waals surface area contributed by atoms with Crippen LogP contribution in [0.2, 0.25) is 0 Å². The number of hydrogen-bond acceptors (Lipinski definition) is 5. The normalized spacial score (nSPS) is 13.9. The van der Waals surface area contributed by atoms with E-state index in [9.17, 15) is 19.8 Å². The monoisotopic (exact) mass is 824 g/mol. The summed E-state index contributed by atoms with van der Waals surface area (Å²) >= 11 is 0. The van der Waals surface area contributed by atoms with E-state index >= 15 is 0 Å². The van der Waals surface area contributed by atoms with Crippen LogP contribution in [0.1, 0.15) is 226 Å². The maximum atomic E-state index is 13.1. The molecule has 0 fully saturated rings. The molecule has 0 saturated carbocycles. The van der Waals surface area contributed by atoms with Crippen molar-refractivity contribution in [3.63, 3.8) is 0 Å². The van der Waals surface area contributed by atoms with E-state index in [2.05, 4.69) is 44.3 Å². The van der Waals surface area contributed by atoms with E-state index in [1.165, 1.54) is 109 Å². The van der Waals surface area contributed by atoms with Crippen LogP contribution in [0.25, 0.3) is 0 Å². The largest absolute Gasteiger partial charge is 0.462 e. The molecule has 59 heavy (non-hydrogen) atoms. The Hall–Kier alpha value is -2.70. The SMILES string of the molecule is CC\C=C/C=C/C=C/C=C\C=C\C=C\CCCCCC(=O)OC(CCCCCCCCCC)CC(=O)NC(CO)C(O)CCCCCCCCCCCCCCCCC. The number of unbranched alkanes of at least 4 members (excludes halogenated alkanes) is 24. The zero-order valence-corrected chi connectivity index (χ0v) is 38.6. The molecule has 0 aliphatic heterocycles. The van der Waals surface area contributed by atoms with Crippen molar-refractivity contribution in [3.05, 3.63) is 72.9 Å². The Morgan fingerprint density at radius 3 is 1.37 bits per heavy atom. The van der Waals surface area contributed by atoms with Crippen LogP contribution in [0, 0.1) is 0 Å². The molecule has 0 aromatic rings. The fourth-order valence-electron chi connectivity index (χ4n) is 7.23. The topological polar surface area (TPSA) is 95.9 Å². The first-order valence-electron chi connectivity index (χ1n) is 24.7. The Morgan fingerprint density at radius 1 is 0.508 bits per heavy atom. The van der Waals surface area contributed by atoms with Crippen LogP contribution in [-0.2, 0) is 14.3 Å². The summed E-state index contributed by atoms with van der Waals surface area (Å²) in [5, 5.41) is 23.7. The zero-order chi connectivity index (χ0) is 43.1. The third-order valence-corrected chi connectivity index (χ3v) is 11.0. The molecule has 0 radical (unpaired) electrons. The van der Waals surface area contributed by atoms with Crippen LogP contribution in [0.15, 0.2) is 72.9 Å². The van der Waals surface area contributed by atoms with Gasteiger partial charge in [-0.15, -0.1) is 0 Å². The number of ether oxygens (including phenoxy) is 1. The number of allylic oxidation sites excluding steroid dienone is 12. The van der Waals surface area contributed by atoms with E-state index < -0.39 is 18.2 Å². The maximum absolute atomic E-state index is 13.1. The molecule has 1 amide bonds. The van der Waals surface area contributed by atoms with Gasteiger partial charge < -0.3 is 20.3 Å². The summed E-state index contributed by atoms with van der Waals surface area (Å²) in [6, 6.07) is -0.711. The second-order valence-electron chi connectivity index (χ2n) is 16.6. The smallest absolute Gasteiger partial charge is 0.306 e. The molecule has 0 bridgehead atoms. The van der Waals surface area contributed by atoms with Gasteiger partial charge in [0.25, 0.3) is 0 Å². The number of carbonyl (C=O) groups is 2. The van der Waals surface area contributed by atoms with Crippen molar-refractivity contribution in [1.82, 2.24) is 5.32 Å². The summed E-state index contributed by atoms with van der Waals surface area (Å²) in [6.07, 6.45) is 58.2. The Morgan fingerprint density at radius 2 is 0.915 bits per heavy atom. The Bertz CT molecular complexity index is 1110. The standard InChI is InChI=1S/C53H93NO5/c1-4-7-10-13-16-19-21-23-25-26-28-30-32-34-37-40-43-46-53(58)59-49(44-41-38-35-18-15-12-9-6-3)47-52(57)54-50(48-55)51(56)45-42-39-36-33-31-29-27-24-22-20-17-14-11-8-5-2/h7,10,13,16,19,21,23,25-26,28,30,32,49-51,55-56H,4-6,8-9,11-12,14-15,17-18,20,22,24,27,29,31,33-48H2,1-3H3,(H,54,57)/b10-7-,16-13+,21-19+,25-23-,28-26+,32-30+. The number of carbonyl (C=O) groups excluding carboxylic acids is 2. The minimum absolute atomic E-state index is 0.0574. The van der Waals surface area contributed by atoms with Crippen molar-refractivity contribution < 1.29 is 24.5 Å². The average molecular weight is 824 g/mol. The molecule has 0 spiro atoms. The molecule has 3 N–H and O–H groups in total. The van der Waals surface area contributed by atoms with E-state index in [1.54, 1.807) is 0 Å². The highest BCUT2D eigenvalue weighted by Gasteiger charge is 2.24. The first-order chi connectivity index (χ1) is 29.0. The summed E-state index contributed by atoms with van der Waals surface area (Å²) in [5.41, 5.74) is 0. The van der Waals surface area contributed by atoms with Crippen LogP contribution in [0.4, 0.5) is 0 Å². The molecular weight excluding hydrogens is 731 g/mol. The number of aliphatic hydroxyl groups is 2. The Kier molecular flexibility index (Phi) is 44.2. The van der Waals surface area contributed by atoms with Gasteiger partial charge in [0.2, 0.25) is 5.91 Å². The van der Waals surface area contributed by atoms with Crippen molar-refractivity contribution in [2.45, 2.75) is 244 Å². The van der Waals surface area contributed by atoms with Gasteiger partial charge in [0.05, 0.1) is 25.2 Å². The highest BCUT2D eigenvalue weighted by molar-refractivity contribution is 5.77. The first-order valence-corrected chi connectivity index (χ1v) is 24.7. The summed E-state index contributed by atoms with van der Waals surface area (Å²) in [4.78, 5) is 26.0. The van der Waals surface area contributed by atoms with Gasteiger partial charge in [0.1, 0.15) is 6.10 Å². The van der Waals surface area contributed by atoms with Crippen LogP contribution in [0.3, 0.4) is 0 Å². The van der Waals surface area contributed by atoms with E-state index in [4.69, 9.17) is 4.74 Å². The van der Waals surface area contributed by atoms with Crippen molar-refractivity contribution >= 4 is 11.9 Å². The van der Waals surface area contributed by atoms with Gasteiger partial charge in [-0.1, -0.05) is 241 Å². The third kappa shape index (κ3) is 41.8. The van der Waals surface area contributed by atoms with Crippen molar-refractivity contribution in [1.29, 1.82) is 0 Å². The maximum Gasteiger partial charge on any atom is 0.306 e. The number of nitrogens with one attached hydrogen (secondary N) is 1. The number of rotatable bonds is 43. The molecule has 0 aliphatic carbocycles. The van der Waals surface area contributed by atoms with Gasteiger partial charge in [-0.05, 0) is 44.9 Å². The predicted molar refractivity (Wildman–Crippen MR) is 255 cm³/mol. The Labute approximate surface area is 364 Å². The van der Waals surface area contributed by atoms with Gasteiger partial charge in [-0.25, -0.2) is 0 Å². The molecule has 0 saturated heterocycles. The molecule has 0 aromatic carbocycles. The number of esters is 1. The summed E-state index contributed by atoms with van der Waals surface area (Å²) in [7, 11) is 0. The van der Waals surface area contributed by atoms with Gasteiger partial charge in [0, 0.05) is 6.42 Å². The molecule has 3 atom stereocenters. The van der Waals surface area contributed by atoms with Gasteiger partial charge in [-0.2, -0.15) is 0 Å². The van der Waals surface area contributed by atoms with Gasteiger partial charge in [0.15, 0.2) is 0 Å². The lowest BCUT2D eigenvalue weighted by Crippen LogP contribution is -2.46. The van der Waals surface area contributed by atoms with Crippen LogP contribution in [0.5, 0.6) is 0 Å². The first kappa shape index (κ1) is 56.3. The number of aliphatic hydroxyl groups excluding tert-OH is 2. The highest BCUT2D eigenvalue weighted by Crippen LogP contribution is 2.18.